The second-order valence-corrected chi connectivity index (χ2v) is 19.2. The number of hydrogen-bond donors (Lipinski definition) is 0. The van der Waals surface area contributed by atoms with Gasteiger partial charge in [0.2, 0.25) is 17.9 Å². The van der Waals surface area contributed by atoms with E-state index in [9.17, 15) is 9.59 Å². The minimum Gasteiger partial charge on any atom is -0.478 e. The zero-order valence-electron chi connectivity index (χ0n) is 21.9. The van der Waals surface area contributed by atoms with Gasteiger partial charge in [-0.05, 0) is 29.1 Å². The Hall–Kier alpha value is -1.38. The molecule has 0 aliphatic carbocycles. The van der Waals surface area contributed by atoms with Gasteiger partial charge in [-0.2, -0.15) is 4.98 Å². The van der Waals surface area contributed by atoms with Gasteiger partial charge in [-0.25, -0.2) is 4.79 Å². The molecule has 0 aromatic carbocycles. The molecular formula is C23H40N2O7Si2. The van der Waals surface area contributed by atoms with Crippen molar-refractivity contribution in [2.45, 2.75) is 103 Å². The molecule has 1 aromatic rings. The summed E-state index contributed by atoms with van der Waals surface area (Å²) in [5.74, 6) is -0.101. The molecule has 2 saturated heterocycles. The molecule has 0 bridgehead atoms. The van der Waals surface area contributed by atoms with E-state index < -0.39 is 41.2 Å². The molecule has 11 heteroatoms. The molecule has 9 nitrogen and oxygen atoms in total. The molecule has 0 unspecified atom stereocenters. The fourth-order valence-corrected chi connectivity index (χ4v) is 16.2. The van der Waals surface area contributed by atoms with Crippen LogP contribution in [0, 0.1) is 0 Å². The molecule has 0 amide bonds. The SMILES string of the molecule is CCOc1ccn([C@@H]2O[C@@H]3CO[Si](C(C)C)(C(C)C)O[Si](C(C)C)(C(C)C)O[C@@H]3C2=O)c(=O)n1. The van der Waals surface area contributed by atoms with Gasteiger partial charge < -0.3 is 22.4 Å². The van der Waals surface area contributed by atoms with Crippen molar-refractivity contribution in [2.75, 3.05) is 13.2 Å². The number of aromatic nitrogens is 2. The number of nitrogens with zero attached hydrogens (tertiary/aromatic N) is 2. The predicted octanol–water partition coefficient (Wildman–Crippen LogP) is 4.06. The van der Waals surface area contributed by atoms with E-state index in [1.54, 1.807) is 6.07 Å². The lowest BCUT2D eigenvalue weighted by Gasteiger charge is -2.50. The maximum Gasteiger partial charge on any atom is 0.353 e. The second kappa shape index (κ2) is 10.3. The van der Waals surface area contributed by atoms with Crippen LogP contribution in [0.3, 0.4) is 0 Å². The first kappa shape index (κ1) is 27.2. The molecule has 34 heavy (non-hydrogen) atoms. The van der Waals surface area contributed by atoms with Crippen molar-refractivity contribution in [1.29, 1.82) is 0 Å². The van der Waals surface area contributed by atoms with Crippen LogP contribution in [0.15, 0.2) is 17.1 Å². The molecule has 2 aliphatic rings. The summed E-state index contributed by atoms with van der Waals surface area (Å²) in [6.45, 7) is 19.3. The second-order valence-electron chi connectivity index (χ2n) is 10.3. The third kappa shape index (κ3) is 4.70. The Kier molecular flexibility index (Phi) is 8.26. The molecule has 2 aliphatic heterocycles. The molecule has 3 rings (SSSR count). The summed E-state index contributed by atoms with van der Waals surface area (Å²) in [5, 5.41) is 0. The van der Waals surface area contributed by atoms with Gasteiger partial charge >= 0.3 is 22.8 Å². The van der Waals surface area contributed by atoms with Crippen LogP contribution in [0.4, 0.5) is 0 Å². The van der Waals surface area contributed by atoms with Crippen LogP contribution in [0.1, 0.15) is 68.5 Å². The fourth-order valence-electron chi connectivity index (χ4n) is 5.02. The van der Waals surface area contributed by atoms with Crippen molar-refractivity contribution in [2.24, 2.45) is 0 Å². The third-order valence-corrected chi connectivity index (χ3v) is 17.1. The Morgan fingerprint density at radius 1 is 1.03 bits per heavy atom. The van der Waals surface area contributed by atoms with Crippen molar-refractivity contribution in [1.82, 2.24) is 9.55 Å². The number of rotatable bonds is 7. The van der Waals surface area contributed by atoms with Crippen molar-refractivity contribution in [3.05, 3.63) is 22.7 Å². The summed E-state index contributed by atoms with van der Waals surface area (Å²) in [5.41, 5.74) is -0.0763. The Labute approximate surface area is 204 Å². The van der Waals surface area contributed by atoms with Gasteiger partial charge in [0.1, 0.15) is 12.2 Å². The maximum atomic E-state index is 13.6. The van der Waals surface area contributed by atoms with Gasteiger partial charge in [0.25, 0.3) is 0 Å². The molecular weight excluding hydrogens is 472 g/mol. The normalized spacial score (nSPS) is 26.7. The summed E-state index contributed by atoms with van der Waals surface area (Å²) in [4.78, 5) is 30.2. The van der Waals surface area contributed by atoms with Gasteiger partial charge in [-0.15, -0.1) is 0 Å². The number of ether oxygens (including phenoxy) is 2. The number of hydrogen-bond acceptors (Lipinski definition) is 8. The first-order valence-corrected chi connectivity index (χ1v) is 16.3. The van der Waals surface area contributed by atoms with Gasteiger partial charge in [0.05, 0.1) is 13.2 Å². The van der Waals surface area contributed by atoms with Crippen LogP contribution in [0.25, 0.3) is 0 Å². The topological polar surface area (TPSA) is 98.1 Å². The molecule has 3 heterocycles. The van der Waals surface area contributed by atoms with E-state index in [0.29, 0.717) is 6.61 Å². The molecule has 0 radical (unpaired) electrons. The van der Waals surface area contributed by atoms with Crippen LogP contribution >= 0.6 is 0 Å². The number of carbonyl (C=O) groups excluding carboxylic acids is 1. The minimum absolute atomic E-state index is 0.0842. The van der Waals surface area contributed by atoms with E-state index in [2.05, 4.69) is 60.4 Å². The summed E-state index contributed by atoms with van der Waals surface area (Å²) < 4.78 is 33.2. The molecule has 3 atom stereocenters. The average Bonchev–Trinajstić information content (AvgIpc) is 3.02. The molecule has 0 spiro atoms. The monoisotopic (exact) mass is 512 g/mol. The summed E-state index contributed by atoms with van der Waals surface area (Å²) >= 11 is 0. The van der Waals surface area contributed by atoms with E-state index in [1.807, 2.05) is 6.92 Å². The Morgan fingerprint density at radius 3 is 2.12 bits per heavy atom. The standard InChI is InChI=1S/C23H40N2O7Si2/c1-10-28-19-11-12-25(23(27)24-19)22-20(26)21-18(30-22)13-29-33(14(2)3,15(4)5)32-34(31-21,16(6)7)17(8)9/h11-12,14-18,21-22H,10,13H2,1-9H3/t18-,21+,22-/m1/s1. The highest BCUT2D eigenvalue weighted by molar-refractivity contribution is 6.84. The van der Waals surface area contributed by atoms with Crippen LogP contribution in [-0.4, -0.2) is 57.9 Å². The molecule has 192 valence electrons. The highest BCUT2D eigenvalue weighted by atomic mass is 28.5. The van der Waals surface area contributed by atoms with E-state index >= 15 is 0 Å². The molecule has 1 aromatic heterocycles. The largest absolute Gasteiger partial charge is 0.478 e. The summed E-state index contributed by atoms with van der Waals surface area (Å²) in [7, 11) is -5.70. The lowest BCUT2D eigenvalue weighted by Crippen LogP contribution is -2.65. The third-order valence-electron chi connectivity index (χ3n) is 6.84. The van der Waals surface area contributed by atoms with E-state index in [-0.39, 0.29) is 40.4 Å². The first-order valence-electron chi connectivity index (χ1n) is 12.3. The van der Waals surface area contributed by atoms with E-state index in [4.69, 9.17) is 22.4 Å². The van der Waals surface area contributed by atoms with E-state index in [0.717, 1.165) is 0 Å². The van der Waals surface area contributed by atoms with Crippen LogP contribution < -0.4 is 10.4 Å². The summed E-state index contributed by atoms with van der Waals surface area (Å²) in [6.07, 6.45) is -1.15. The Morgan fingerprint density at radius 2 is 1.62 bits per heavy atom. The molecule has 2 fully saturated rings. The number of fused-ring (bicyclic) bond motifs is 1. The highest BCUT2D eigenvalue weighted by Crippen LogP contribution is 2.47. The van der Waals surface area contributed by atoms with Crippen molar-refractivity contribution in [3.63, 3.8) is 0 Å². The Balaban J connectivity index is 2.04. The van der Waals surface area contributed by atoms with Crippen LogP contribution in [-0.2, 0) is 22.5 Å². The number of ketones is 1. The molecule has 0 N–H and O–H groups in total. The average molecular weight is 513 g/mol. The van der Waals surface area contributed by atoms with Gasteiger partial charge in [-0.3, -0.25) is 9.36 Å². The minimum atomic E-state index is -2.96. The Bertz CT molecular complexity index is 918. The highest BCUT2D eigenvalue weighted by Gasteiger charge is 2.61. The van der Waals surface area contributed by atoms with Gasteiger partial charge in [0, 0.05) is 12.3 Å². The van der Waals surface area contributed by atoms with Gasteiger partial charge in [0.15, 0.2) is 0 Å². The molecule has 0 saturated carbocycles. The lowest BCUT2D eigenvalue weighted by atomic mass is 10.1. The number of carbonyl (C=O) groups is 1. The van der Waals surface area contributed by atoms with Crippen molar-refractivity contribution in [3.8, 4) is 5.88 Å². The van der Waals surface area contributed by atoms with Crippen LogP contribution in [0.2, 0.25) is 22.2 Å². The van der Waals surface area contributed by atoms with Gasteiger partial charge in [-0.1, -0.05) is 55.4 Å². The zero-order valence-corrected chi connectivity index (χ0v) is 23.9. The van der Waals surface area contributed by atoms with Crippen molar-refractivity contribution < 1.29 is 27.2 Å². The van der Waals surface area contributed by atoms with Crippen molar-refractivity contribution >= 4 is 22.9 Å². The smallest absolute Gasteiger partial charge is 0.353 e. The lowest BCUT2D eigenvalue weighted by molar-refractivity contribution is -0.130. The first-order chi connectivity index (χ1) is 15.9. The quantitative estimate of drug-likeness (QED) is 0.504. The zero-order chi connectivity index (χ0) is 25.4. The predicted molar refractivity (Wildman–Crippen MR) is 132 cm³/mol. The maximum absolute atomic E-state index is 13.6. The van der Waals surface area contributed by atoms with Crippen LogP contribution in [0.5, 0.6) is 5.88 Å². The number of Topliss-reactive ketones (excluding diaryl/α,β-unsaturated/α-hetero) is 1. The fraction of sp³-hybridized carbons (Fsp3) is 0.783. The summed E-state index contributed by atoms with van der Waals surface area (Å²) in [6, 6.07) is 1.55. The van der Waals surface area contributed by atoms with E-state index in [1.165, 1.54) is 10.8 Å².